The van der Waals surface area contributed by atoms with E-state index in [1.807, 2.05) is 0 Å². The molecule has 2 aromatic rings. The van der Waals surface area contributed by atoms with Gasteiger partial charge in [0.05, 0.1) is 19.1 Å². The number of amides is 1. The molecule has 1 amide bonds. The van der Waals surface area contributed by atoms with Gasteiger partial charge in [-0.25, -0.2) is 9.59 Å². The number of esters is 3. The number of carbonyl (C=O) groups is 5. The maximum absolute atomic E-state index is 12.8. The van der Waals surface area contributed by atoms with Crippen LogP contribution in [-0.4, -0.2) is 55.0 Å². The van der Waals surface area contributed by atoms with Crippen LogP contribution in [0.25, 0.3) is 0 Å². The summed E-state index contributed by atoms with van der Waals surface area (Å²) in [7, 11) is 0. The Morgan fingerprint density at radius 2 is 1.31 bits per heavy atom. The number of ether oxygens (including phenoxy) is 4. The van der Waals surface area contributed by atoms with Crippen LogP contribution in [0.4, 0.5) is 0 Å². The first-order valence-corrected chi connectivity index (χ1v) is 12.7. The molecule has 0 heterocycles. The van der Waals surface area contributed by atoms with E-state index in [1.54, 1.807) is 76.2 Å². The minimum atomic E-state index is -1.96. The summed E-state index contributed by atoms with van der Waals surface area (Å²) in [4.78, 5) is 61.2. The second-order valence-corrected chi connectivity index (χ2v) is 8.98. The van der Waals surface area contributed by atoms with Crippen LogP contribution in [0.5, 0.6) is 11.5 Å². The van der Waals surface area contributed by atoms with Crippen molar-refractivity contribution in [2.45, 2.75) is 53.0 Å². The molecule has 0 bridgehead atoms. The van der Waals surface area contributed by atoms with Gasteiger partial charge in [-0.3, -0.25) is 14.4 Å². The largest absolute Gasteiger partial charge is 0.464 e. The third-order valence-corrected chi connectivity index (χ3v) is 5.58. The van der Waals surface area contributed by atoms with Crippen LogP contribution in [0.2, 0.25) is 0 Å². The number of hydrogen-bond acceptors (Lipinski definition) is 9. The molecule has 210 valence electrons. The molecule has 10 nitrogen and oxygen atoms in total. The molecule has 2 aromatic carbocycles. The molecule has 0 aliphatic heterocycles. The molecule has 0 radical (unpaired) electrons. The van der Waals surface area contributed by atoms with E-state index in [0.29, 0.717) is 17.1 Å². The van der Waals surface area contributed by atoms with Gasteiger partial charge in [0.15, 0.2) is 12.4 Å². The zero-order valence-corrected chi connectivity index (χ0v) is 22.9. The molecule has 2 rings (SSSR count). The van der Waals surface area contributed by atoms with Gasteiger partial charge in [-0.1, -0.05) is 26.0 Å². The predicted molar refractivity (Wildman–Crippen MR) is 141 cm³/mol. The van der Waals surface area contributed by atoms with Crippen molar-refractivity contribution >= 4 is 29.6 Å². The van der Waals surface area contributed by atoms with E-state index in [1.165, 1.54) is 6.92 Å². The maximum Gasteiger partial charge on any atom is 0.343 e. The van der Waals surface area contributed by atoms with Crippen LogP contribution in [-0.2, 0) is 39.8 Å². The zero-order valence-electron chi connectivity index (χ0n) is 22.9. The Morgan fingerprint density at radius 3 is 1.77 bits per heavy atom. The average Bonchev–Trinajstić information content (AvgIpc) is 2.90. The van der Waals surface area contributed by atoms with E-state index >= 15 is 0 Å². The van der Waals surface area contributed by atoms with Gasteiger partial charge in [-0.2, -0.15) is 0 Å². The smallest absolute Gasteiger partial charge is 0.343 e. The van der Waals surface area contributed by atoms with Crippen molar-refractivity contribution in [3.8, 4) is 11.5 Å². The maximum atomic E-state index is 12.8. The summed E-state index contributed by atoms with van der Waals surface area (Å²) in [5, 5.41) is 2.45. The number of carbonyl (C=O) groups excluding carboxylic acids is 5. The van der Waals surface area contributed by atoms with Gasteiger partial charge in [0.1, 0.15) is 11.5 Å². The summed E-state index contributed by atoms with van der Waals surface area (Å²) >= 11 is 0. The van der Waals surface area contributed by atoms with Gasteiger partial charge in [0.25, 0.3) is 0 Å². The summed E-state index contributed by atoms with van der Waals surface area (Å²) in [5.74, 6) is -2.37. The lowest BCUT2D eigenvalue weighted by atomic mass is 9.90. The third kappa shape index (κ3) is 8.94. The third-order valence-electron chi connectivity index (χ3n) is 5.58. The quantitative estimate of drug-likeness (QED) is 0.164. The molecule has 0 fully saturated rings. The molecule has 0 atom stereocenters. The lowest BCUT2D eigenvalue weighted by molar-refractivity contribution is -0.168. The SMILES string of the molecule is CCOC(=O)C(CCc1ccc(Oc2ccc(C(=O)COC(=O)C(C)C)cc2)cc1)(NC(C)=O)C(=O)OCC. The van der Waals surface area contributed by atoms with Gasteiger partial charge in [0.2, 0.25) is 11.4 Å². The molecular formula is C29H35NO9. The molecule has 0 aliphatic carbocycles. The van der Waals surface area contributed by atoms with Crippen LogP contribution in [0, 0.1) is 5.92 Å². The second kappa shape index (κ2) is 14.7. The molecule has 0 spiro atoms. The number of rotatable bonds is 14. The van der Waals surface area contributed by atoms with Crippen LogP contribution >= 0.6 is 0 Å². The van der Waals surface area contributed by atoms with Crippen molar-refractivity contribution in [2.75, 3.05) is 19.8 Å². The van der Waals surface area contributed by atoms with Crippen LogP contribution in [0.1, 0.15) is 57.0 Å². The van der Waals surface area contributed by atoms with Crippen LogP contribution in [0.3, 0.4) is 0 Å². The molecule has 10 heteroatoms. The summed E-state index contributed by atoms with van der Waals surface area (Å²) in [6.07, 6.45) is 0.197. The van der Waals surface area contributed by atoms with E-state index in [9.17, 15) is 24.0 Å². The van der Waals surface area contributed by atoms with Gasteiger partial charge in [-0.15, -0.1) is 0 Å². The Morgan fingerprint density at radius 1 is 0.795 bits per heavy atom. The lowest BCUT2D eigenvalue weighted by Crippen LogP contribution is -2.61. The van der Waals surface area contributed by atoms with Crippen LogP contribution in [0.15, 0.2) is 48.5 Å². The number of aryl methyl sites for hydroxylation is 1. The highest BCUT2D eigenvalue weighted by Gasteiger charge is 2.49. The van der Waals surface area contributed by atoms with E-state index in [0.717, 1.165) is 5.56 Å². The average molecular weight is 542 g/mol. The van der Waals surface area contributed by atoms with Crippen molar-refractivity contribution in [2.24, 2.45) is 5.92 Å². The Hall–Kier alpha value is -4.21. The molecule has 0 saturated carbocycles. The standard InChI is InChI=1S/C29H35NO9/c1-6-36-27(34)29(30-20(5)31,28(35)37-7-2)17-16-21-8-12-23(13-9-21)39-24-14-10-22(11-15-24)25(32)18-38-26(33)19(3)4/h8-15,19H,6-7,16-18H2,1-5H3,(H,30,31). The number of Topliss-reactive ketones (excluding diaryl/α,β-unsaturated/α-hetero) is 1. The first-order chi connectivity index (χ1) is 18.5. The number of hydrogen-bond donors (Lipinski definition) is 1. The second-order valence-electron chi connectivity index (χ2n) is 8.98. The summed E-state index contributed by atoms with van der Waals surface area (Å²) < 4.78 is 21.0. The molecule has 0 saturated heterocycles. The topological polar surface area (TPSA) is 134 Å². The Labute approximate surface area is 228 Å². The number of ketones is 1. The zero-order chi connectivity index (χ0) is 29.0. The highest BCUT2D eigenvalue weighted by molar-refractivity contribution is 6.07. The van der Waals surface area contributed by atoms with Crippen molar-refractivity contribution in [1.82, 2.24) is 5.32 Å². The fourth-order valence-corrected chi connectivity index (χ4v) is 3.55. The Balaban J connectivity index is 2.06. The Kier molecular flexibility index (Phi) is 11.7. The number of benzene rings is 2. The Bertz CT molecular complexity index is 1140. The summed E-state index contributed by atoms with van der Waals surface area (Å²) in [6.45, 7) is 7.55. The van der Waals surface area contributed by atoms with Crippen LogP contribution < -0.4 is 10.1 Å². The van der Waals surface area contributed by atoms with Crippen molar-refractivity contribution in [1.29, 1.82) is 0 Å². The molecule has 0 aliphatic rings. The van der Waals surface area contributed by atoms with Crippen molar-refractivity contribution in [3.05, 3.63) is 59.7 Å². The first-order valence-electron chi connectivity index (χ1n) is 12.7. The fourth-order valence-electron chi connectivity index (χ4n) is 3.55. The van der Waals surface area contributed by atoms with E-state index < -0.39 is 29.4 Å². The van der Waals surface area contributed by atoms with E-state index in [-0.39, 0.29) is 44.4 Å². The highest BCUT2D eigenvalue weighted by atomic mass is 16.6. The predicted octanol–water partition coefficient (Wildman–Crippen LogP) is 3.79. The molecule has 0 aromatic heterocycles. The molecule has 0 unspecified atom stereocenters. The van der Waals surface area contributed by atoms with Crippen molar-refractivity contribution in [3.63, 3.8) is 0 Å². The number of nitrogens with one attached hydrogen (secondary N) is 1. The van der Waals surface area contributed by atoms with Gasteiger partial charge in [0, 0.05) is 12.5 Å². The van der Waals surface area contributed by atoms with Crippen molar-refractivity contribution < 1.29 is 42.9 Å². The molecule has 1 N–H and O–H groups in total. The summed E-state index contributed by atoms with van der Waals surface area (Å²) in [5.41, 5.74) is -0.790. The lowest BCUT2D eigenvalue weighted by Gasteiger charge is -2.29. The normalized spacial score (nSPS) is 10.9. The van der Waals surface area contributed by atoms with Gasteiger partial charge < -0.3 is 24.3 Å². The summed E-state index contributed by atoms with van der Waals surface area (Å²) in [6, 6.07) is 13.4. The van der Waals surface area contributed by atoms with E-state index in [2.05, 4.69) is 5.32 Å². The fraction of sp³-hybridized carbons (Fsp3) is 0.414. The molecule has 39 heavy (non-hydrogen) atoms. The van der Waals surface area contributed by atoms with E-state index in [4.69, 9.17) is 18.9 Å². The minimum absolute atomic E-state index is 0.0341. The van der Waals surface area contributed by atoms with Gasteiger partial charge in [-0.05, 0) is 68.7 Å². The monoisotopic (exact) mass is 541 g/mol. The molecular weight excluding hydrogens is 506 g/mol. The highest BCUT2D eigenvalue weighted by Crippen LogP contribution is 2.25. The minimum Gasteiger partial charge on any atom is -0.464 e. The van der Waals surface area contributed by atoms with Gasteiger partial charge >= 0.3 is 17.9 Å². The first kappa shape index (κ1) is 31.0.